The van der Waals surface area contributed by atoms with Gasteiger partial charge in [0.25, 0.3) is 0 Å². The smallest absolute Gasteiger partial charge is 0.225 e. The molecule has 3 nitrogen and oxygen atoms in total. The summed E-state index contributed by atoms with van der Waals surface area (Å²) in [6.45, 7) is 4.46. The third-order valence-electron chi connectivity index (χ3n) is 2.55. The lowest BCUT2D eigenvalue weighted by Gasteiger charge is -2.30. The molecule has 1 aromatic rings. The molecular formula is C10H14BrN3. The second-order valence-corrected chi connectivity index (χ2v) is 4.81. The summed E-state index contributed by atoms with van der Waals surface area (Å²) in [6.07, 6.45) is 6.19. The fourth-order valence-corrected chi connectivity index (χ4v) is 2.04. The minimum atomic E-state index is 0.760. The van der Waals surface area contributed by atoms with Gasteiger partial charge < -0.3 is 4.90 Å². The SMILES string of the molecule is CC1CCCN(c2ncc(Br)cn2)C1. The summed E-state index contributed by atoms with van der Waals surface area (Å²) < 4.78 is 0.936. The van der Waals surface area contributed by atoms with Crippen LogP contribution >= 0.6 is 15.9 Å². The quantitative estimate of drug-likeness (QED) is 0.772. The van der Waals surface area contributed by atoms with Gasteiger partial charge in [-0.25, -0.2) is 9.97 Å². The van der Waals surface area contributed by atoms with Crippen LogP contribution in [0.1, 0.15) is 19.8 Å². The zero-order valence-corrected chi connectivity index (χ0v) is 9.87. The number of halogens is 1. The van der Waals surface area contributed by atoms with Gasteiger partial charge in [-0.2, -0.15) is 0 Å². The highest BCUT2D eigenvalue weighted by atomic mass is 79.9. The minimum absolute atomic E-state index is 0.760. The van der Waals surface area contributed by atoms with Gasteiger partial charge in [0.15, 0.2) is 0 Å². The molecule has 1 aliphatic heterocycles. The first-order chi connectivity index (χ1) is 6.75. The molecule has 0 amide bonds. The number of hydrogen-bond acceptors (Lipinski definition) is 3. The maximum absolute atomic E-state index is 4.30. The molecule has 2 rings (SSSR count). The van der Waals surface area contributed by atoms with Gasteiger partial charge in [-0.3, -0.25) is 0 Å². The van der Waals surface area contributed by atoms with Crippen molar-refractivity contribution in [3.05, 3.63) is 16.9 Å². The first kappa shape index (κ1) is 9.90. The molecule has 0 saturated carbocycles. The molecule has 1 unspecified atom stereocenters. The summed E-state index contributed by atoms with van der Waals surface area (Å²) in [5.74, 6) is 1.62. The lowest BCUT2D eigenvalue weighted by molar-refractivity contribution is 0.442. The summed E-state index contributed by atoms with van der Waals surface area (Å²) in [7, 11) is 0. The third-order valence-corrected chi connectivity index (χ3v) is 2.96. The molecule has 0 aromatic carbocycles. The normalized spacial score (nSPS) is 22.4. The van der Waals surface area contributed by atoms with Crippen molar-refractivity contribution >= 4 is 21.9 Å². The van der Waals surface area contributed by atoms with E-state index in [0.29, 0.717) is 0 Å². The van der Waals surface area contributed by atoms with Crippen molar-refractivity contribution in [2.75, 3.05) is 18.0 Å². The van der Waals surface area contributed by atoms with E-state index in [1.54, 1.807) is 0 Å². The summed E-state index contributed by atoms with van der Waals surface area (Å²) in [4.78, 5) is 10.9. The van der Waals surface area contributed by atoms with Crippen molar-refractivity contribution in [2.24, 2.45) is 5.92 Å². The van der Waals surface area contributed by atoms with Crippen LogP contribution in [0.25, 0.3) is 0 Å². The van der Waals surface area contributed by atoms with E-state index in [1.165, 1.54) is 12.8 Å². The highest BCUT2D eigenvalue weighted by molar-refractivity contribution is 9.10. The van der Waals surface area contributed by atoms with Gasteiger partial charge in [0, 0.05) is 25.5 Å². The molecule has 76 valence electrons. The summed E-state index contributed by atoms with van der Waals surface area (Å²) >= 11 is 3.34. The van der Waals surface area contributed by atoms with E-state index < -0.39 is 0 Å². The van der Waals surface area contributed by atoms with E-state index in [9.17, 15) is 0 Å². The zero-order valence-electron chi connectivity index (χ0n) is 8.28. The van der Waals surface area contributed by atoms with E-state index in [2.05, 4.69) is 37.7 Å². The molecule has 2 heterocycles. The van der Waals surface area contributed by atoms with Gasteiger partial charge >= 0.3 is 0 Å². The molecule has 0 aliphatic carbocycles. The highest BCUT2D eigenvalue weighted by Gasteiger charge is 2.17. The van der Waals surface area contributed by atoms with Crippen molar-refractivity contribution in [3.63, 3.8) is 0 Å². The predicted molar refractivity (Wildman–Crippen MR) is 60.3 cm³/mol. The van der Waals surface area contributed by atoms with Crippen LogP contribution in [0.5, 0.6) is 0 Å². The Hall–Kier alpha value is -0.640. The maximum Gasteiger partial charge on any atom is 0.225 e. The molecule has 0 radical (unpaired) electrons. The van der Waals surface area contributed by atoms with E-state index in [-0.39, 0.29) is 0 Å². The first-order valence-corrected chi connectivity index (χ1v) is 5.77. The van der Waals surface area contributed by atoms with Crippen molar-refractivity contribution in [1.82, 2.24) is 9.97 Å². The van der Waals surface area contributed by atoms with Crippen LogP contribution in [-0.4, -0.2) is 23.1 Å². The van der Waals surface area contributed by atoms with E-state index in [0.717, 1.165) is 29.4 Å². The van der Waals surface area contributed by atoms with E-state index >= 15 is 0 Å². The van der Waals surface area contributed by atoms with E-state index in [4.69, 9.17) is 0 Å². The fraction of sp³-hybridized carbons (Fsp3) is 0.600. The minimum Gasteiger partial charge on any atom is -0.341 e. The number of hydrogen-bond donors (Lipinski definition) is 0. The van der Waals surface area contributed by atoms with Crippen LogP contribution in [0.4, 0.5) is 5.95 Å². The van der Waals surface area contributed by atoms with Gasteiger partial charge in [0.05, 0.1) is 4.47 Å². The molecule has 1 atom stereocenters. The Balaban J connectivity index is 2.10. The second kappa shape index (κ2) is 4.26. The topological polar surface area (TPSA) is 29.0 Å². The van der Waals surface area contributed by atoms with Crippen LogP contribution in [0.2, 0.25) is 0 Å². The molecule has 14 heavy (non-hydrogen) atoms. The fourth-order valence-electron chi connectivity index (χ4n) is 1.84. The monoisotopic (exact) mass is 255 g/mol. The average Bonchev–Trinajstić information content (AvgIpc) is 2.19. The third kappa shape index (κ3) is 2.23. The second-order valence-electron chi connectivity index (χ2n) is 3.89. The lowest BCUT2D eigenvalue weighted by Crippen LogP contribution is -2.35. The first-order valence-electron chi connectivity index (χ1n) is 4.98. The van der Waals surface area contributed by atoms with Crippen molar-refractivity contribution in [2.45, 2.75) is 19.8 Å². The predicted octanol–water partition coefficient (Wildman–Crippen LogP) is 2.48. The molecule has 4 heteroatoms. The number of piperidine rings is 1. The average molecular weight is 256 g/mol. The van der Waals surface area contributed by atoms with Crippen LogP contribution < -0.4 is 4.90 Å². The number of aromatic nitrogens is 2. The Labute approximate surface area is 92.7 Å². The lowest BCUT2D eigenvalue weighted by atomic mass is 10.0. The molecule has 0 bridgehead atoms. The van der Waals surface area contributed by atoms with Gasteiger partial charge in [0.2, 0.25) is 5.95 Å². The van der Waals surface area contributed by atoms with Crippen LogP contribution in [0, 0.1) is 5.92 Å². The van der Waals surface area contributed by atoms with Crippen LogP contribution in [0.15, 0.2) is 16.9 Å². The number of nitrogens with zero attached hydrogens (tertiary/aromatic N) is 3. The van der Waals surface area contributed by atoms with E-state index in [1.807, 2.05) is 12.4 Å². The number of anilines is 1. The zero-order chi connectivity index (χ0) is 9.97. The molecule has 0 spiro atoms. The van der Waals surface area contributed by atoms with Gasteiger partial charge in [-0.15, -0.1) is 0 Å². The Morgan fingerprint density at radius 2 is 2.14 bits per heavy atom. The summed E-state index contributed by atoms with van der Waals surface area (Å²) in [6, 6.07) is 0. The Bertz CT molecular complexity index is 299. The Kier molecular flexibility index (Phi) is 3.01. The molecular weight excluding hydrogens is 242 g/mol. The Morgan fingerprint density at radius 1 is 1.43 bits per heavy atom. The van der Waals surface area contributed by atoms with Crippen molar-refractivity contribution < 1.29 is 0 Å². The summed E-state index contributed by atoms with van der Waals surface area (Å²) in [5, 5.41) is 0. The molecule has 1 fully saturated rings. The standard InChI is InChI=1S/C10H14BrN3/c1-8-3-2-4-14(7-8)10-12-5-9(11)6-13-10/h5-6,8H,2-4,7H2,1H3. The van der Waals surface area contributed by atoms with Gasteiger partial charge in [-0.1, -0.05) is 6.92 Å². The molecule has 1 aliphatic rings. The van der Waals surface area contributed by atoms with Gasteiger partial charge in [0.1, 0.15) is 0 Å². The highest BCUT2D eigenvalue weighted by Crippen LogP contribution is 2.19. The van der Waals surface area contributed by atoms with Crippen LogP contribution in [-0.2, 0) is 0 Å². The Morgan fingerprint density at radius 3 is 2.79 bits per heavy atom. The molecule has 1 aromatic heterocycles. The molecule has 1 saturated heterocycles. The summed E-state index contributed by atoms with van der Waals surface area (Å²) in [5.41, 5.74) is 0. The van der Waals surface area contributed by atoms with Crippen molar-refractivity contribution in [3.8, 4) is 0 Å². The van der Waals surface area contributed by atoms with Crippen LogP contribution in [0.3, 0.4) is 0 Å². The largest absolute Gasteiger partial charge is 0.341 e. The van der Waals surface area contributed by atoms with Gasteiger partial charge in [-0.05, 0) is 34.7 Å². The molecule has 0 N–H and O–H groups in total. The van der Waals surface area contributed by atoms with Crippen molar-refractivity contribution in [1.29, 1.82) is 0 Å². The maximum atomic E-state index is 4.30. The number of rotatable bonds is 1.